The Morgan fingerprint density at radius 3 is 0.894 bits per heavy atom. The topological polar surface area (TPSA) is 64.7 Å². The SMILES string of the molecule is Brc1ccc(-c2ccc(-n3c4ccccc4c4ccccc43)cc2)cc1.C.O=Cc1ccc(-c2ccc3c(c2)[nH]c2ccccc23)cc1.O=Cc1ccc(-c2ccc3c4ccccc4n(-c4ccc(-c5ccc(-n6c7ccccc7c7ccccc76)cc5)cc4)c3c2)cc1. The Kier molecular flexibility index (Phi) is 15.6. The van der Waals surface area contributed by atoms with Crippen molar-refractivity contribution in [3.8, 4) is 61.6 Å². The van der Waals surface area contributed by atoms with Gasteiger partial charge in [-0.05, 0) is 142 Å². The number of H-pyrrole nitrogens is 1. The molecule has 0 radical (unpaired) electrons. The molecule has 14 aromatic carbocycles. The molecule has 7 heteroatoms. The molecule has 1 N–H and O–H groups in total. The lowest BCUT2D eigenvalue weighted by atomic mass is 10.0. The van der Waals surface area contributed by atoms with Crippen LogP contribution in [-0.2, 0) is 0 Å². The van der Waals surface area contributed by atoms with Gasteiger partial charge in [-0.2, -0.15) is 0 Å². The summed E-state index contributed by atoms with van der Waals surface area (Å²) in [6.07, 6.45) is 1.75. The average molecular weight is 1270 g/mol. The molecule has 0 amide bonds. The predicted octanol–water partition coefficient (Wildman–Crippen LogP) is 23.7. The van der Waals surface area contributed by atoms with E-state index in [1.54, 1.807) is 0 Å². The maximum absolute atomic E-state index is 11.2. The Morgan fingerprint density at radius 2 is 0.511 bits per heavy atom. The maximum Gasteiger partial charge on any atom is 0.150 e. The highest BCUT2D eigenvalue weighted by Crippen LogP contribution is 2.39. The van der Waals surface area contributed by atoms with Crippen molar-refractivity contribution < 1.29 is 9.59 Å². The second-order valence-electron chi connectivity index (χ2n) is 23.4. The van der Waals surface area contributed by atoms with E-state index < -0.39 is 0 Å². The van der Waals surface area contributed by atoms with Gasteiger partial charge in [-0.25, -0.2) is 0 Å². The lowest BCUT2D eigenvalue weighted by Crippen LogP contribution is -1.95. The number of nitrogens with one attached hydrogen (secondary N) is 1. The monoisotopic (exact) mass is 1270 g/mol. The van der Waals surface area contributed by atoms with Crippen LogP contribution < -0.4 is 0 Å². The third-order valence-corrected chi connectivity index (χ3v) is 18.5. The first kappa shape index (κ1) is 58.5. The molecular formula is C87H61BrN4O2. The molecule has 18 rings (SSSR count). The van der Waals surface area contributed by atoms with Gasteiger partial charge in [0.1, 0.15) is 12.6 Å². The summed E-state index contributed by atoms with van der Waals surface area (Å²) < 4.78 is 8.15. The van der Waals surface area contributed by atoms with Crippen LogP contribution in [0.2, 0.25) is 0 Å². The van der Waals surface area contributed by atoms with E-state index in [1.165, 1.54) is 98.6 Å². The lowest BCUT2D eigenvalue weighted by Gasteiger charge is -2.11. The van der Waals surface area contributed by atoms with Crippen LogP contribution in [0.3, 0.4) is 0 Å². The summed E-state index contributed by atoms with van der Waals surface area (Å²) in [6.45, 7) is 0. The first-order valence-corrected chi connectivity index (χ1v) is 31.9. The number of para-hydroxylation sites is 6. The summed E-state index contributed by atoms with van der Waals surface area (Å²) in [5, 5.41) is 10.0. The minimum Gasteiger partial charge on any atom is -0.354 e. The molecule has 0 spiro atoms. The fourth-order valence-electron chi connectivity index (χ4n) is 13.4. The Hall–Kier alpha value is -11.9. The van der Waals surface area contributed by atoms with E-state index in [0.717, 1.165) is 67.2 Å². The summed E-state index contributed by atoms with van der Waals surface area (Å²) in [7, 11) is 0. The smallest absolute Gasteiger partial charge is 0.150 e. The molecule has 448 valence electrons. The minimum atomic E-state index is 0. The quantitative estimate of drug-likeness (QED) is 0.146. The first-order valence-electron chi connectivity index (χ1n) is 31.1. The minimum absolute atomic E-state index is 0. The molecule has 0 bridgehead atoms. The second-order valence-corrected chi connectivity index (χ2v) is 24.3. The number of nitrogens with zero attached hydrogens (tertiary/aromatic N) is 3. The lowest BCUT2D eigenvalue weighted by molar-refractivity contribution is 0.111. The van der Waals surface area contributed by atoms with Gasteiger partial charge in [0.05, 0.1) is 33.1 Å². The van der Waals surface area contributed by atoms with Crippen molar-refractivity contribution in [2.45, 2.75) is 7.43 Å². The maximum atomic E-state index is 11.2. The first-order chi connectivity index (χ1) is 45.9. The molecule has 6 nitrogen and oxygen atoms in total. The Bertz CT molecular complexity index is 5710. The van der Waals surface area contributed by atoms with E-state index in [1.807, 2.05) is 54.6 Å². The Labute approximate surface area is 552 Å². The summed E-state index contributed by atoms with van der Waals surface area (Å²) in [5.74, 6) is 0. The van der Waals surface area contributed by atoms with Gasteiger partial charge in [0.15, 0.2) is 0 Å². The molecule has 0 aliphatic rings. The van der Waals surface area contributed by atoms with Crippen molar-refractivity contribution in [3.63, 3.8) is 0 Å². The highest BCUT2D eigenvalue weighted by atomic mass is 79.9. The van der Waals surface area contributed by atoms with Crippen LogP contribution in [0.15, 0.2) is 332 Å². The van der Waals surface area contributed by atoms with E-state index in [9.17, 15) is 9.59 Å². The number of benzene rings is 14. The van der Waals surface area contributed by atoms with Gasteiger partial charge in [-0.1, -0.05) is 254 Å². The van der Waals surface area contributed by atoms with Gasteiger partial charge in [0, 0.05) is 86.8 Å². The van der Waals surface area contributed by atoms with Crippen molar-refractivity contribution in [1.82, 2.24) is 18.7 Å². The molecule has 4 aromatic heterocycles. The summed E-state index contributed by atoms with van der Waals surface area (Å²) in [5.41, 5.74) is 23.6. The second kappa shape index (κ2) is 25.1. The molecular weight excluding hydrogens is 1210 g/mol. The highest BCUT2D eigenvalue weighted by molar-refractivity contribution is 9.10. The van der Waals surface area contributed by atoms with Crippen LogP contribution in [0.25, 0.3) is 149 Å². The van der Waals surface area contributed by atoms with Gasteiger partial charge >= 0.3 is 0 Å². The predicted molar refractivity (Wildman–Crippen MR) is 399 cm³/mol. The number of aromatic amines is 1. The molecule has 0 atom stereocenters. The molecule has 0 saturated carbocycles. The zero-order valence-electron chi connectivity index (χ0n) is 50.4. The van der Waals surface area contributed by atoms with Gasteiger partial charge < -0.3 is 18.7 Å². The van der Waals surface area contributed by atoms with E-state index >= 15 is 0 Å². The van der Waals surface area contributed by atoms with Crippen molar-refractivity contribution in [2.24, 2.45) is 0 Å². The number of hydrogen-bond acceptors (Lipinski definition) is 2. The van der Waals surface area contributed by atoms with Gasteiger partial charge in [-0.3, -0.25) is 9.59 Å². The standard InChI is InChI=1S/C43H28N2O.C24H16BrN.C19H13NO.CH4/c46-28-29-13-15-32(16-14-29)33-21-26-39-38-9-3-6-12-42(38)45(43(39)27-33)35-24-19-31(20-25-35)30-17-22-34(23-18-30)44-40-10-4-1-7-36(40)37-8-2-5-11-41(37)44;25-19-13-9-17(10-14-19)18-11-15-20(16-12-18)26-23-7-3-1-5-21(23)22-6-2-4-8-24(22)26;21-12-13-5-7-14(8-6-13)15-9-10-17-16-3-1-2-4-18(16)20-19(17)11-15;/h1-28H;1-16H;1-12,20H;1H4. The number of rotatable bonds is 9. The zero-order chi connectivity index (χ0) is 62.4. The molecule has 0 aliphatic heterocycles. The van der Waals surface area contributed by atoms with Crippen LogP contribution >= 0.6 is 15.9 Å². The summed E-state index contributed by atoms with van der Waals surface area (Å²) in [6, 6.07) is 115. The van der Waals surface area contributed by atoms with Crippen molar-refractivity contribution >= 4 is 116 Å². The van der Waals surface area contributed by atoms with Crippen LogP contribution in [0.5, 0.6) is 0 Å². The number of aromatic nitrogens is 4. The largest absolute Gasteiger partial charge is 0.354 e. The third-order valence-electron chi connectivity index (χ3n) is 18.0. The number of fused-ring (bicyclic) bond motifs is 12. The molecule has 0 aliphatic carbocycles. The van der Waals surface area contributed by atoms with Gasteiger partial charge in [-0.15, -0.1) is 0 Å². The molecule has 94 heavy (non-hydrogen) atoms. The molecule has 0 saturated heterocycles. The molecule has 0 unspecified atom stereocenters. The molecule has 4 heterocycles. The van der Waals surface area contributed by atoms with E-state index in [-0.39, 0.29) is 7.43 Å². The summed E-state index contributed by atoms with van der Waals surface area (Å²) in [4.78, 5) is 25.4. The van der Waals surface area contributed by atoms with Crippen molar-refractivity contribution in [1.29, 1.82) is 0 Å². The van der Waals surface area contributed by atoms with E-state index in [0.29, 0.717) is 11.1 Å². The molecule has 18 aromatic rings. The fourth-order valence-corrected chi connectivity index (χ4v) is 13.7. The fraction of sp³-hybridized carbons (Fsp3) is 0.0115. The van der Waals surface area contributed by atoms with Gasteiger partial charge in [0.2, 0.25) is 0 Å². The summed E-state index contributed by atoms with van der Waals surface area (Å²) >= 11 is 3.50. The highest BCUT2D eigenvalue weighted by Gasteiger charge is 2.17. The van der Waals surface area contributed by atoms with E-state index in [2.05, 4.69) is 308 Å². The van der Waals surface area contributed by atoms with Crippen LogP contribution in [0.4, 0.5) is 0 Å². The third kappa shape index (κ3) is 10.7. The normalized spacial score (nSPS) is 11.2. The van der Waals surface area contributed by atoms with Crippen LogP contribution in [-0.4, -0.2) is 31.3 Å². The van der Waals surface area contributed by atoms with E-state index in [4.69, 9.17) is 0 Å². The Balaban J connectivity index is 0.000000128. The average Bonchev–Trinajstić information content (AvgIpc) is 1.62. The van der Waals surface area contributed by atoms with Crippen molar-refractivity contribution in [3.05, 3.63) is 343 Å². The number of carbonyl (C=O) groups excluding carboxylic acids is 2. The number of aldehydes is 2. The van der Waals surface area contributed by atoms with Gasteiger partial charge in [0.25, 0.3) is 0 Å². The van der Waals surface area contributed by atoms with Crippen LogP contribution in [0, 0.1) is 0 Å². The number of hydrogen-bond donors (Lipinski definition) is 1. The zero-order valence-corrected chi connectivity index (χ0v) is 52.0. The number of carbonyl (C=O) groups is 2. The Morgan fingerprint density at radius 1 is 0.245 bits per heavy atom. The molecule has 0 fully saturated rings. The van der Waals surface area contributed by atoms with Crippen LogP contribution in [0.1, 0.15) is 28.1 Å². The van der Waals surface area contributed by atoms with Crippen molar-refractivity contribution in [2.75, 3.05) is 0 Å². The number of halogens is 1.